The molecule has 3 rings (SSSR count). The lowest BCUT2D eigenvalue weighted by molar-refractivity contribution is -0.119. The summed E-state index contributed by atoms with van der Waals surface area (Å²) in [5.41, 5.74) is 1.73. The first kappa shape index (κ1) is 21.9. The predicted octanol–water partition coefficient (Wildman–Crippen LogP) is 3.14. The van der Waals surface area contributed by atoms with Gasteiger partial charge in [-0.15, -0.1) is 11.8 Å². The topological polar surface area (TPSA) is 96.5 Å². The van der Waals surface area contributed by atoms with Crippen LogP contribution in [0.3, 0.4) is 0 Å². The highest BCUT2D eigenvalue weighted by molar-refractivity contribution is 8.00. The van der Waals surface area contributed by atoms with Crippen LogP contribution in [0, 0.1) is 5.92 Å². The summed E-state index contributed by atoms with van der Waals surface area (Å²) in [5.74, 6) is -0.0609. The highest BCUT2D eigenvalue weighted by atomic mass is 32.2. The Morgan fingerprint density at radius 1 is 1.03 bits per heavy atom. The lowest BCUT2D eigenvalue weighted by Gasteiger charge is -2.11. The Bertz CT molecular complexity index is 915. The minimum Gasteiger partial charge on any atom is -0.383 e. The Morgan fingerprint density at radius 3 is 2.50 bits per heavy atom. The Morgan fingerprint density at radius 2 is 1.77 bits per heavy atom. The summed E-state index contributed by atoms with van der Waals surface area (Å²) in [4.78, 5) is 37.4. The van der Waals surface area contributed by atoms with E-state index in [1.54, 1.807) is 43.5 Å². The molecule has 3 amide bonds. The first-order chi connectivity index (χ1) is 14.6. The van der Waals surface area contributed by atoms with Crippen LogP contribution in [0.2, 0.25) is 0 Å². The Kier molecular flexibility index (Phi) is 7.87. The summed E-state index contributed by atoms with van der Waals surface area (Å²) in [6, 6.07) is 14.2. The monoisotopic (exact) mass is 427 g/mol. The predicted molar refractivity (Wildman–Crippen MR) is 118 cm³/mol. The zero-order valence-corrected chi connectivity index (χ0v) is 17.6. The molecular formula is C22H25N3O4S. The molecule has 0 aliphatic heterocycles. The van der Waals surface area contributed by atoms with E-state index in [4.69, 9.17) is 4.74 Å². The minimum atomic E-state index is -0.274. The van der Waals surface area contributed by atoms with Gasteiger partial charge in [0.1, 0.15) is 0 Å². The molecule has 0 aromatic heterocycles. The number of thioether (sulfide) groups is 1. The van der Waals surface area contributed by atoms with Gasteiger partial charge in [0, 0.05) is 35.8 Å². The van der Waals surface area contributed by atoms with Gasteiger partial charge < -0.3 is 20.7 Å². The molecule has 0 atom stereocenters. The standard InChI is InChI=1S/C22H25N3O4S/c1-29-12-11-23-20(26)14-30-19-8-3-2-7-18(19)22(28)25-17-6-4-5-16(13-17)24-21(27)15-9-10-15/h2-8,13,15H,9-12,14H2,1H3,(H,23,26)(H,24,27)(H,25,28). The van der Waals surface area contributed by atoms with E-state index in [-0.39, 0.29) is 29.4 Å². The molecule has 1 saturated carbocycles. The maximum atomic E-state index is 12.8. The number of carbonyl (C=O) groups is 3. The van der Waals surface area contributed by atoms with Gasteiger partial charge >= 0.3 is 0 Å². The summed E-state index contributed by atoms with van der Waals surface area (Å²) < 4.78 is 4.91. The van der Waals surface area contributed by atoms with Crippen molar-refractivity contribution in [2.75, 3.05) is 36.6 Å². The number of methoxy groups -OCH3 is 1. The number of rotatable bonds is 10. The van der Waals surface area contributed by atoms with Crippen molar-refractivity contribution in [3.05, 3.63) is 54.1 Å². The molecule has 1 aliphatic rings. The number of hydrogen-bond donors (Lipinski definition) is 3. The molecule has 1 fully saturated rings. The van der Waals surface area contributed by atoms with Gasteiger partial charge in [0.05, 0.1) is 17.9 Å². The summed E-state index contributed by atoms with van der Waals surface area (Å²) in [6.45, 7) is 0.904. The van der Waals surface area contributed by atoms with Crippen molar-refractivity contribution >= 4 is 40.9 Å². The van der Waals surface area contributed by atoms with E-state index in [9.17, 15) is 14.4 Å². The number of carbonyl (C=O) groups excluding carboxylic acids is 3. The molecule has 0 saturated heterocycles. The molecule has 7 nitrogen and oxygen atoms in total. The second-order valence-electron chi connectivity index (χ2n) is 6.93. The molecule has 0 heterocycles. The van der Waals surface area contributed by atoms with Crippen LogP contribution in [0.15, 0.2) is 53.4 Å². The van der Waals surface area contributed by atoms with Crippen molar-refractivity contribution in [3.63, 3.8) is 0 Å². The second-order valence-corrected chi connectivity index (χ2v) is 7.94. The van der Waals surface area contributed by atoms with Gasteiger partial charge in [-0.1, -0.05) is 18.2 Å². The van der Waals surface area contributed by atoms with Gasteiger partial charge in [0.2, 0.25) is 11.8 Å². The third kappa shape index (κ3) is 6.60. The van der Waals surface area contributed by atoms with Gasteiger partial charge in [0.15, 0.2) is 0 Å². The van der Waals surface area contributed by atoms with E-state index < -0.39 is 0 Å². The minimum absolute atomic E-state index is 0.0176. The number of hydrogen-bond acceptors (Lipinski definition) is 5. The van der Waals surface area contributed by atoms with Crippen LogP contribution in [-0.4, -0.2) is 43.7 Å². The molecule has 1 aliphatic carbocycles. The van der Waals surface area contributed by atoms with Gasteiger partial charge in [-0.05, 0) is 43.2 Å². The summed E-state index contributed by atoms with van der Waals surface area (Å²) in [7, 11) is 1.58. The van der Waals surface area contributed by atoms with Crippen LogP contribution in [0.4, 0.5) is 11.4 Å². The highest BCUT2D eigenvalue weighted by Crippen LogP contribution is 2.30. The van der Waals surface area contributed by atoms with E-state index >= 15 is 0 Å². The maximum absolute atomic E-state index is 12.8. The number of ether oxygens (including phenoxy) is 1. The number of nitrogens with one attached hydrogen (secondary N) is 3. The first-order valence-corrected chi connectivity index (χ1v) is 10.7. The van der Waals surface area contributed by atoms with Gasteiger partial charge in [0.25, 0.3) is 5.91 Å². The molecule has 8 heteroatoms. The average Bonchev–Trinajstić information content (AvgIpc) is 3.58. The van der Waals surface area contributed by atoms with Gasteiger partial charge in [-0.25, -0.2) is 0 Å². The average molecular weight is 428 g/mol. The molecule has 30 heavy (non-hydrogen) atoms. The van der Waals surface area contributed by atoms with Crippen LogP contribution in [0.1, 0.15) is 23.2 Å². The number of benzene rings is 2. The fraction of sp³-hybridized carbons (Fsp3) is 0.318. The van der Waals surface area contributed by atoms with E-state index in [0.29, 0.717) is 30.1 Å². The van der Waals surface area contributed by atoms with E-state index in [1.807, 2.05) is 12.1 Å². The largest absolute Gasteiger partial charge is 0.383 e. The van der Waals surface area contributed by atoms with Crippen molar-refractivity contribution in [1.82, 2.24) is 5.32 Å². The van der Waals surface area contributed by atoms with Crippen LogP contribution in [0.25, 0.3) is 0 Å². The Hall–Kier alpha value is -2.84. The number of amides is 3. The fourth-order valence-corrected chi connectivity index (χ4v) is 3.61. The summed E-state index contributed by atoms with van der Waals surface area (Å²) >= 11 is 1.30. The van der Waals surface area contributed by atoms with Gasteiger partial charge in [-0.2, -0.15) is 0 Å². The van der Waals surface area contributed by atoms with Gasteiger partial charge in [-0.3, -0.25) is 14.4 Å². The van der Waals surface area contributed by atoms with Crippen molar-refractivity contribution in [2.24, 2.45) is 5.92 Å². The van der Waals surface area contributed by atoms with Crippen molar-refractivity contribution in [3.8, 4) is 0 Å². The van der Waals surface area contributed by atoms with Crippen molar-refractivity contribution in [2.45, 2.75) is 17.7 Å². The fourth-order valence-electron chi connectivity index (χ4n) is 2.73. The quantitative estimate of drug-likeness (QED) is 0.400. The molecule has 158 valence electrons. The van der Waals surface area contributed by atoms with E-state index in [2.05, 4.69) is 16.0 Å². The molecule has 3 N–H and O–H groups in total. The summed E-state index contributed by atoms with van der Waals surface area (Å²) in [6.07, 6.45) is 1.86. The van der Waals surface area contributed by atoms with Crippen LogP contribution >= 0.6 is 11.8 Å². The second kappa shape index (κ2) is 10.8. The normalized spacial score (nSPS) is 12.8. The molecule has 2 aromatic rings. The van der Waals surface area contributed by atoms with Crippen LogP contribution < -0.4 is 16.0 Å². The van der Waals surface area contributed by atoms with Crippen LogP contribution in [-0.2, 0) is 14.3 Å². The summed E-state index contributed by atoms with van der Waals surface area (Å²) in [5, 5.41) is 8.50. The lowest BCUT2D eigenvalue weighted by atomic mass is 10.2. The zero-order chi connectivity index (χ0) is 21.3. The van der Waals surface area contributed by atoms with Crippen molar-refractivity contribution < 1.29 is 19.1 Å². The molecular weight excluding hydrogens is 402 g/mol. The van der Waals surface area contributed by atoms with E-state index in [0.717, 1.165) is 17.7 Å². The van der Waals surface area contributed by atoms with E-state index in [1.165, 1.54) is 11.8 Å². The van der Waals surface area contributed by atoms with Crippen LogP contribution in [0.5, 0.6) is 0 Å². The Labute approximate surface area is 180 Å². The van der Waals surface area contributed by atoms with Crippen molar-refractivity contribution in [1.29, 1.82) is 0 Å². The smallest absolute Gasteiger partial charge is 0.256 e. The highest BCUT2D eigenvalue weighted by Gasteiger charge is 2.29. The molecule has 0 bridgehead atoms. The molecule has 2 aromatic carbocycles. The third-order valence-corrected chi connectivity index (χ3v) is 5.53. The SMILES string of the molecule is COCCNC(=O)CSc1ccccc1C(=O)Nc1cccc(NC(=O)C2CC2)c1. The number of anilines is 2. The molecule has 0 radical (unpaired) electrons. The third-order valence-electron chi connectivity index (χ3n) is 4.45. The lowest BCUT2D eigenvalue weighted by Crippen LogP contribution is -2.28. The zero-order valence-electron chi connectivity index (χ0n) is 16.8. The first-order valence-electron chi connectivity index (χ1n) is 9.76. The molecule has 0 unspecified atom stereocenters. The maximum Gasteiger partial charge on any atom is 0.256 e. The Balaban J connectivity index is 1.60. The molecule has 0 spiro atoms.